The van der Waals surface area contributed by atoms with E-state index in [9.17, 15) is 8.42 Å². The number of hydrogen-bond donors (Lipinski definition) is 2. The van der Waals surface area contributed by atoms with Crippen LogP contribution in [-0.4, -0.2) is 21.0 Å². The molecule has 1 aliphatic carbocycles. The molecule has 1 saturated carbocycles. The molecule has 0 radical (unpaired) electrons. The van der Waals surface area contributed by atoms with Crippen LogP contribution in [0, 0.1) is 5.92 Å². The van der Waals surface area contributed by atoms with Crippen LogP contribution in [0.15, 0.2) is 29.2 Å². The summed E-state index contributed by atoms with van der Waals surface area (Å²) in [6.07, 6.45) is 3.42. The summed E-state index contributed by atoms with van der Waals surface area (Å²) in [6.45, 7) is 5.65. The summed E-state index contributed by atoms with van der Waals surface area (Å²) in [6, 6.07) is 7.09. The molecule has 1 aliphatic rings. The molecule has 1 aromatic rings. The molecule has 0 aliphatic heterocycles. The van der Waals surface area contributed by atoms with Crippen molar-refractivity contribution in [3.05, 3.63) is 29.8 Å². The lowest BCUT2D eigenvalue weighted by Crippen LogP contribution is -2.32. The van der Waals surface area contributed by atoms with E-state index in [0.29, 0.717) is 4.90 Å². The molecule has 0 heterocycles. The van der Waals surface area contributed by atoms with E-state index < -0.39 is 10.0 Å². The highest BCUT2D eigenvalue weighted by Crippen LogP contribution is 2.33. The normalized spacial score (nSPS) is 17.1. The Morgan fingerprint density at radius 1 is 1.25 bits per heavy atom. The van der Waals surface area contributed by atoms with Crippen LogP contribution in [0.1, 0.15) is 38.7 Å². The number of rotatable bonds is 8. The topological polar surface area (TPSA) is 58.2 Å². The summed E-state index contributed by atoms with van der Waals surface area (Å²) in [4.78, 5) is 0.348. The second kappa shape index (κ2) is 6.70. The molecule has 2 rings (SSSR count). The molecule has 0 saturated heterocycles. The van der Waals surface area contributed by atoms with E-state index in [1.807, 2.05) is 26.0 Å². The van der Waals surface area contributed by atoms with Crippen molar-refractivity contribution in [2.45, 2.75) is 50.6 Å². The van der Waals surface area contributed by atoms with E-state index in [4.69, 9.17) is 0 Å². The van der Waals surface area contributed by atoms with Crippen molar-refractivity contribution in [1.82, 2.24) is 10.0 Å². The van der Waals surface area contributed by atoms with Gasteiger partial charge in [-0.25, -0.2) is 13.1 Å². The van der Waals surface area contributed by atoms with Crippen LogP contribution in [0.4, 0.5) is 0 Å². The first kappa shape index (κ1) is 15.5. The minimum Gasteiger partial charge on any atom is -0.313 e. The predicted octanol–water partition coefficient (Wildman–Crippen LogP) is 2.26. The van der Waals surface area contributed by atoms with Crippen LogP contribution in [0.25, 0.3) is 0 Å². The molecule has 20 heavy (non-hydrogen) atoms. The van der Waals surface area contributed by atoms with Gasteiger partial charge in [0.2, 0.25) is 10.0 Å². The fourth-order valence-corrected chi connectivity index (χ4v) is 3.55. The molecular formula is C15H24N2O2S. The smallest absolute Gasteiger partial charge is 0.240 e. The molecule has 4 nitrogen and oxygen atoms in total. The summed E-state index contributed by atoms with van der Waals surface area (Å²) >= 11 is 0. The van der Waals surface area contributed by atoms with Crippen molar-refractivity contribution in [3.8, 4) is 0 Å². The summed E-state index contributed by atoms with van der Waals surface area (Å²) < 4.78 is 27.2. The maximum absolute atomic E-state index is 12.2. The molecule has 1 atom stereocenters. The number of sulfonamides is 1. The fraction of sp³-hybridized carbons (Fsp3) is 0.600. The molecule has 0 bridgehead atoms. The Hall–Kier alpha value is -0.910. The van der Waals surface area contributed by atoms with Crippen LogP contribution in [-0.2, 0) is 16.6 Å². The van der Waals surface area contributed by atoms with E-state index in [0.717, 1.165) is 31.0 Å². The average molecular weight is 296 g/mol. The van der Waals surface area contributed by atoms with Crippen molar-refractivity contribution < 1.29 is 8.42 Å². The highest BCUT2D eigenvalue weighted by atomic mass is 32.2. The van der Waals surface area contributed by atoms with Crippen LogP contribution in [0.2, 0.25) is 0 Å². The molecule has 5 heteroatoms. The molecule has 0 spiro atoms. The van der Waals surface area contributed by atoms with E-state index in [2.05, 4.69) is 10.0 Å². The van der Waals surface area contributed by atoms with Crippen LogP contribution in [0.3, 0.4) is 0 Å². The van der Waals surface area contributed by atoms with Crippen molar-refractivity contribution in [1.29, 1.82) is 0 Å². The summed E-state index contributed by atoms with van der Waals surface area (Å²) in [5, 5.41) is 3.22. The lowest BCUT2D eigenvalue weighted by molar-refractivity contribution is 0.530. The number of nitrogens with one attached hydrogen (secondary N) is 2. The Kier molecular flexibility index (Phi) is 5.18. The fourth-order valence-electron chi connectivity index (χ4n) is 2.29. The average Bonchev–Trinajstić information content (AvgIpc) is 3.20. The molecule has 0 aromatic heterocycles. The van der Waals surface area contributed by atoms with Gasteiger partial charge in [-0.3, -0.25) is 0 Å². The Balaban J connectivity index is 1.97. The number of benzene rings is 1. The van der Waals surface area contributed by atoms with Crippen molar-refractivity contribution in [2.24, 2.45) is 5.92 Å². The maximum Gasteiger partial charge on any atom is 0.240 e. The third-order valence-electron chi connectivity index (χ3n) is 3.55. The second-order valence-electron chi connectivity index (χ2n) is 5.63. The van der Waals surface area contributed by atoms with Gasteiger partial charge >= 0.3 is 0 Å². The van der Waals surface area contributed by atoms with E-state index in [1.54, 1.807) is 12.1 Å². The minimum atomic E-state index is -3.39. The Morgan fingerprint density at radius 3 is 2.45 bits per heavy atom. The monoisotopic (exact) mass is 296 g/mol. The Morgan fingerprint density at radius 2 is 1.90 bits per heavy atom. The quantitative estimate of drug-likeness (QED) is 0.773. The molecule has 1 aromatic carbocycles. The summed E-state index contributed by atoms with van der Waals surface area (Å²) in [5.41, 5.74) is 1.09. The summed E-state index contributed by atoms with van der Waals surface area (Å²) in [7, 11) is -3.39. The standard InChI is InChI=1S/C15H24N2O2S/c1-3-16-11-14-6-8-15(9-7-14)20(18,19)17-12(2)10-13-4-5-13/h6-9,12-13,16-17H,3-5,10-11H2,1-2H3. The van der Waals surface area contributed by atoms with E-state index >= 15 is 0 Å². The highest BCUT2D eigenvalue weighted by molar-refractivity contribution is 7.89. The van der Waals surface area contributed by atoms with Crippen molar-refractivity contribution >= 4 is 10.0 Å². The van der Waals surface area contributed by atoms with Gasteiger partial charge in [-0.2, -0.15) is 0 Å². The molecule has 112 valence electrons. The van der Waals surface area contributed by atoms with Gasteiger partial charge in [-0.15, -0.1) is 0 Å². The van der Waals surface area contributed by atoms with Crippen molar-refractivity contribution in [3.63, 3.8) is 0 Å². The first-order chi connectivity index (χ1) is 9.51. The third kappa shape index (κ3) is 4.58. The lowest BCUT2D eigenvalue weighted by atomic mass is 10.2. The molecule has 0 amide bonds. The van der Waals surface area contributed by atoms with Crippen LogP contribution in [0.5, 0.6) is 0 Å². The number of hydrogen-bond acceptors (Lipinski definition) is 3. The zero-order valence-electron chi connectivity index (χ0n) is 12.2. The third-order valence-corrected chi connectivity index (χ3v) is 5.16. The van der Waals surface area contributed by atoms with Crippen LogP contribution >= 0.6 is 0 Å². The molecule has 1 fully saturated rings. The van der Waals surface area contributed by atoms with E-state index in [-0.39, 0.29) is 6.04 Å². The van der Waals surface area contributed by atoms with Gasteiger partial charge in [-0.1, -0.05) is 31.9 Å². The SMILES string of the molecule is CCNCc1ccc(S(=O)(=O)NC(C)CC2CC2)cc1. The minimum absolute atomic E-state index is 0.00827. The first-order valence-electron chi connectivity index (χ1n) is 7.33. The van der Waals surface area contributed by atoms with E-state index in [1.165, 1.54) is 12.8 Å². The van der Waals surface area contributed by atoms with Gasteiger partial charge in [0, 0.05) is 12.6 Å². The predicted molar refractivity (Wildman–Crippen MR) is 80.9 cm³/mol. The van der Waals surface area contributed by atoms with Gasteiger partial charge in [0.15, 0.2) is 0 Å². The highest BCUT2D eigenvalue weighted by Gasteiger charge is 2.26. The molecular weight excluding hydrogens is 272 g/mol. The molecule has 1 unspecified atom stereocenters. The zero-order valence-corrected chi connectivity index (χ0v) is 13.0. The van der Waals surface area contributed by atoms with Gasteiger partial charge in [-0.05, 0) is 43.5 Å². The zero-order chi connectivity index (χ0) is 14.6. The van der Waals surface area contributed by atoms with Gasteiger partial charge < -0.3 is 5.32 Å². The first-order valence-corrected chi connectivity index (χ1v) is 8.81. The lowest BCUT2D eigenvalue weighted by Gasteiger charge is -2.14. The van der Waals surface area contributed by atoms with Crippen LogP contribution < -0.4 is 10.0 Å². The Bertz CT molecular complexity index is 521. The second-order valence-corrected chi connectivity index (χ2v) is 7.34. The Labute approximate surface area is 122 Å². The van der Waals surface area contributed by atoms with Gasteiger partial charge in [0.25, 0.3) is 0 Å². The van der Waals surface area contributed by atoms with Gasteiger partial charge in [0.05, 0.1) is 4.90 Å². The molecule has 2 N–H and O–H groups in total. The largest absolute Gasteiger partial charge is 0.313 e. The maximum atomic E-state index is 12.2. The van der Waals surface area contributed by atoms with Gasteiger partial charge in [0.1, 0.15) is 0 Å². The summed E-state index contributed by atoms with van der Waals surface area (Å²) in [5.74, 6) is 0.718. The van der Waals surface area contributed by atoms with Crippen molar-refractivity contribution in [2.75, 3.05) is 6.54 Å².